The van der Waals surface area contributed by atoms with Gasteiger partial charge in [0.25, 0.3) is 5.91 Å². The van der Waals surface area contributed by atoms with Crippen molar-refractivity contribution >= 4 is 18.3 Å². The van der Waals surface area contributed by atoms with Gasteiger partial charge in [0.15, 0.2) is 0 Å². The Morgan fingerprint density at radius 3 is 2.61 bits per heavy atom. The Labute approximate surface area is 143 Å². The molecule has 1 unspecified atom stereocenters. The topological polar surface area (TPSA) is 72.9 Å². The molecule has 0 fully saturated rings. The van der Waals surface area contributed by atoms with Crippen LogP contribution in [-0.4, -0.2) is 28.3 Å². The quantitative estimate of drug-likeness (QED) is 0.815. The van der Waals surface area contributed by atoms with E-state index in [-0.39, 0.29) is 24.4 Å². The van der Waals surface area contributed by atoms with Crippen LogP contribution in [0.2, 0.25) is 0 Å². The molecule has 1 amide bonds. The molecule has 0 bridgehead atoms. The molecule has 0 aliphatic carbocycles. The fourth-order valence-electron chi connectivity index (χ4n) is 2.39. The van der Waals surface area contributed by atoms with Crippen molar-refractivity contribution < 1.29 is 4.79 Å². The summed E-state index contributed by atoms with van der Waals surface area (Å²) in [6, 6.07) is 10.0. The number of benzene rings is 1. The molecule has 6 heteroatoms. The van der Waals surface area contributed by atoms with Crippen molar-refractivity contribution in [2.24, 2.45) is 11.7 Å². The molecule has 0 aliphatic heterocycles. The Balaban J connectivity index is 0.00000264. The van der Waals surface area contributed by atoms with E-state index in [0.717, 1.165) is 12.0 Å². The third-order valence-corrected chi connectivity index (χ3v) is 3.46. The van der Waals surface area contributed by atoms with E-state index in [1.807, 2.05) is 30.3 Å². The average Bonchev–Trinajstić information content (AvgIpc) is 2.95. The highest BCUT2D eigenvalue weighted by atomic mass is 35.5. The van der Waals surface area contributed by atoms with Gasteiger partial charge in [-0.2, -0.15) is 5.10 Å². The van der Waals surface area contributed by atoms with E-state index in [0.29, 0.717) is 24.6 Å². The lowest BCUT2D eigenvalue weighted by Crippen LogP contribution is -2.40. The number of hydrogen-bond acceptors (Lipinski definition) is 3. The van der Waals surface area contributed by atoms with Crippen molar-refractivity contribution in [3.63, 3.8) is 0 Å². The normalized spacial score (nSPS) is 11.8. The van der Waals surface area contributed by atoms with Gasteiger partial charge in [0.05, 0.1) is 18.3 Å². The number of hydrogen-bond donors (Lipinski definition) is 2. The van der Waals surface area contributed by atoms with Gasteiger partial charge >= 0.3 is 0 Å². The molecule has 2 aromatic rings. The summed E-state index contributed by atoms with van der Waals surface area (Å²) in [5.74, 6) is 0.380. The van der Waals surface area contributed by atoms with Gasteiger partial charge in [-0.3, -0.25) is 9.48 Å². The molecule has 0 saturated heterocycles. The van der Waals surface area contributed by atoms with Crippen molar-refractivity contribution in [1.82, 2.24) is 15.1 Å². The smallest absolute Gasteiger partial charge is 0.254 e. The molecule has 0 saturated carbocycles. The molecule has 23 heavy (non-hydrogen) atoms. The number of carbonyl (C=O) groups is 1. The summed E-state index contributed by atoms with van der Waals surface area (Å²) in [5, 5.41) is 7.23. The largest absolute Gasteiger partial charge is 0.348 e. The third kappa shape index (κ3) is 6.04. The molecule has 126 valence electrons. The Bertz CT molecular complexity index is 598. The molecular weight excluding hydrogens is 312 g/mol. The molecule has 0 radical (unpaired) electrons. The summed E-state index contributed by atoms with van der Waals surface area (Å²) >= 11 is 0. The summed E-state index contributed by atoms with van der Waals surface area (Å²) in [6.07, 6.45) is 4.24. The third-order valence-electron chi connectivity index (χ3n) is 3.46. The number of nitrogens with one attached hydrogen (secondary N) is 1. The minimum absolute atomic E-state index is 0. The summed E-state index contributed by atoms with van der Waals surface area (Å²) in [6.45, 7) is 5.34. The first kappa shape index (κ1) is 19.2. The van der Waals surface area contributed by atoms with Crippen LogP contribution in [0.15, 0.2) is 42.7 Å². The molecule has 1 atom stereocenters. The molecule has 0 spiro atoms. The highest BCUT2D eigenvalue weighted by Gasteiger charge is 2.15. The highest BCUT2D eigenvalue weighted by molar-refractivity contribution is 5.93. The molecule has 1 heterocycles. The van der Waals surface area contributed by atoms with Crippen LogP contribution >= 0.6 is 12.4 Å². The van der Waals surface area contributed by atoms with Gasteiger partial charge in [-0.15, -0.1) is 12.4 Å². The number of carbonyl (C=O) groups excluding carboxylic acids is 1. The zero-order valence-electron chi connectivity index (χ0n) is 13.6. The van der Waals surface area contributed by atoms with E-state index < -0.39 is 0 Å². The maximum Gasteiger partial charge on any atom is 0.254 e. The van der Waals surface area contributed by atoms with E-state index in [4.69, 9.17) is 5.73 Å². The fourth-order valence-corrected chi connectivity index (χ4v) is 2.39. The maximum absolute atomic E-state index is 12.2. The van der Waals surface area contributed by atoms with Crippen molar-refractivity contribution in [1.29, 1.82) is 0 Å². The van der Waals surface area contributed by atoms with Gasteiger partial charge in [-0.05, 0) is 17.9 Å². The lowest BCUT2D eigenvalue weighted by atomic mass is 10.0. The first-order valence-electron chi connectivity index (χ1n) is 7.65. The van der Waals surface area contributed by atoms with Crippen molar-refractivity contribution in [2.45, 2.75) is 32.9 Å². The molecule has 5 nitrogen and oxygen atoms in total. The zero-order valence-corrected chi connectivity index (χ0v) is 14.4. The van der Waals surface area contributed by atoms with E-state index >= 15 is 0 Å². The molecule has 0 aliphatic rings. The van der Waals surface area contributed by atoms with Crippen molar-refractivity contribution in [2.75, 3.05) is 6.54 Å². The number of aromatic nitrogens is 2. The van der Waals surface area contributed by atoms with Crippen LogP contribution < -0.4 is 11.1 Å². The van der Waals surface area contributed by atoms with Crippen LogP contribution in [0.3, 0.4) is 0 Å². The lowest BCUT2D eigenvalue weighted by molar-refractivity contribution is 0.0933. The summed E-state index contributed by atoms with van der Waals surface area (Å²) < 4.78 is 1.77. The van der Waals surface area contributed by atoms with E-state index in [1.165, 1.54) is 0 Å². The summed E-state index contributed by atoms with van der Waals surface area (Å²) in [4.78, 5) is 12.2. The Morgan fingerprint density at radius 1 is 1.30 bits per heavy atom. The van der Waals surface area contributed by atoms with Gasteiger partial charge in [-0.25, -0.2) is 0 Å². The minimum atomic E-state index is -0.115. The number of rotatable bonds is 7. The second kappa shape index (κ2) is 9.33. The van der Waals surface area contributed by atoms with Crippen LogP contribution in [0.1, 0.15) is 36.2 Å². The molecule has 2 rings (SSSR count). The van der Waals surface area contributed by atoms with Gasteiger partial charge in [0.2, 0.25) is 0 Å². The second-order valence-electron chi connectivity index (χ2n) is 5.95. The zero-order chi connectivity index (χ0) is 15.9. The molecule has 1 aromatic heterocycles. The van der Waals surface area contributed by atoms with E-state index in [9.17, 15) is 4.79 Å². The van der Waals surface area contributed by atoms with Gasteiger partial charge < -0.3 is 11.1 Å². The molecular formula is C17H25ClN4O. The van der Waals surface area contributed by atoms with Gasteiger partial charge in [0.1, 0.15) is 0 Å². The lowest BCUT2D eigenvalue weighted by Gasteiger charge is -2.18. The van der Waals surface area contributed by atoms with Gasteiger partial charge in [0, 0.05) is 18.8 Å². The number of amides is 1. The number of nitrogens with zero attached hydrogens (tertiary/aromatic N) is 2. The number of nitrogens with two attached hydrogens (primary N) is 1. The fraction of sp³-hybridized carbons (Fsp3) is 0.412. The standard InChI is InChI=1S/C17H24N4O.ClH/c1-13(2)8-16(9-18)20-17(22)15-10-19-21(12-15)11-14-6-4-3-5-7-14;/h3-7,10,12-13,16H,8-9,11,18H2,1-2H3,(H,20,22);1H. The Hall–Kier alpha value is -1.85. The predicted octanol–water partition coefficient (Wildman–Crippen LogP) is 2.46. The second-order valence-corrected chi connectivity index (χ2v) is 5.95. The first-order valence-corrected chi connectivity index (χ1v) is 7.65. The summed E-state index contributed by atoms with van der Waals surface area (Å²) in [7, 11) is 0. The van der Waals surface area contributed by atoms with Gasteiger partial charge in [-0.1, -0.05) is 44.2 Å². The van der Waals surface area contributed by atoms with E-state index in [1.54, 1.807) is 17.1 Å². The van der Waals surface area contributed by atoms with Crippen LogP contribution in [0.4, 0.5) is 0 Å². The Kier molecular flexibility index (Phi) is 7.78. The van der Waals surface area contributed by atoms with Crippen LogP contribution in [0.5, 0.6) is 0 Å². The van der Waals surface area contributed by atoms with Crippen molar-refractivity contribution in [3.05, 3.63) is 53.9 Å². The average molecular weight is 337 g/mol. The SMILES string of the molecule is CC(C)CC(CN)NC(=O)c1cnn(Cc2ccccc2)c1.Cl. The van der Waals surface area contributed by atoms with Crippen molar-refractivity contribution in [3.8, 4) is 0 Å². The summed E-state index contributed by atoms with van der Waals surface area (Å²) in [5.41, 5.74) is 7.44. The minimum Gasteiger partial charge on any atom is -0.348 e. The molecule has 3 N–H and O–H groups in total. The highest BCUT2D eigenvalue weighted by Crippen LogP contribution is 2.07. The van der Waals surface area contributed by atoms with Crippen LogP contribution in [-0.2, 0) is 6.54 Å². The van der Waals surface area contributed by atoms with Crippen LogP contribution in [0.25, 0.3) is 0 Å². The monoisotopic (exact) mass is 336 g/mol. The van der Waals surface area contributed by atoms with Crippen LogP contribution in [0, 0.1) is 5.92 Å². The first-order chi connectivity index (χ1) is 10.6. The van der Waals surface area contributed by atoms with E-state index in [2.05, 4.69) is 24.3 Å². The maximum atomic E-state index is 12.2. The predicted molar refractivity (Wildman–Crippen MR) is 94.8 cm³/mol. The number of halogens is 1. The Morgan fingerprint density at radius 2 is 2.00 bits per heavy atom. The molecule has 1 aromatic carbocycles.